The first-order chi connectivity index (χ1) is 17.1. The molecule has 0 spiro atoms. The third-order valence-corrected chi connectivity index (χ3v) is 8.17. The molecule has 2 aliphatic heterocycles. The predicted octanol–water partition coefficient (Wildman–Crippen LogP) is 5.60. The molecule has 0 saturated carbocycles. The largest absolute Gasteiger partial charge is 0.497 e. The third-order valence-electron chi connectivity index (χ3n) is 7.92. The number of methoxy groups -OCH3 is 1. The highest BCUT2D eigenvalue weighted by molar-refractivity contribution is 6.30. The van der Waals surface area contributed by atoms with Crippen LogP contribution in [0.3, 0.4) is 0 Å². The molecule has 0 bridgehead atoms. The number of likely N-dealkylation sites (tertiary alicyclic amines) is 1. The second kappa shape index (κ2) is 11.1. The number of carbonyl (C=O) groups is 1. The molecule has 4 rings (SSSR count). The van der Waals surface area contributed by atoms with E-state index in [0.717, 1.165) is 31.0 Å². The summed E-state index contributed by atoms with van der Waals surface area (Å²) in [6.07, 6.45) is 1.89. The van der Waals surface area contributed by atoms with Crippen molar-refractivity contribution in [3.8, 4) is 5.75 Å². The van der Waals surface area contributed by atoms with Gasteiger partial charge in [-0.1, -0.05) is 29.8 Å². The van der Waals surface area contributed by atoms with Crippen molar-refractivity contribution in [1.29, 1.82) is 0 Å². The minimum atomic E-state index is -0.300. The molecule has 0 radical (unpaired) electrons. The first kappa shape index (κ1) is 26.9. The summed E-state index contributed by atoms with van der Waals surface area (Å²) in [6.45, 7) is 9.95. The topological polar surface area (TPSA) is 36.0 Å². The quantitative estimate of drug-likeness (QED) is 0.531. The molecule has 2 saturated heterocycles. The van der Waals surface area contributed by atoms with E-state index in [1.54, 1.807) is 12.1 Å². The second-order valence-corrected chi connectivity index (χ2v) is 11.6. The first-order valence-electron chi connectivity index (χ1n) is 12.9. The maximum atomic E-state index is 15.2. The van der Waals surface area contributed by atoms with Crippen LogP contribution in [0, 0.1) is 11.7 Å². The molecule has 2 aromatic carbocycles. The number of benzene rings is 2. The number of hydrogen-bond acceptors (Lipinski definition) is 4. The summed E-state index contributed by atoms with van der Waals surface area (Å²) in [5.74, 6) is -0.130. The summed E-state index contributed by atoms with van der Waals surface area (Å²) in [5.41, 5.74) is 1.76. The molecule has 0 N–H and O–H groups in total. The van der Waals surface area contributed by atoms with Crippen LogP contribution in [0.2, 0.25) is 5.02 Å². The Balaban J connectivity index is 1.52. The van der Waals surface area contributed by atoms with Gasteiger partial charge in [0.05, 0.1) is 13.0 Å². The van der Waals surface area contributed by atoms with Gasteiger partial charge in [-0.25, -0.2) is 4.39 Å². The number of amides is 1. The van der Waals surface area contributed by atoms with Crippen molar-refractivity contribution in [2.45, 2.75) is 51.1 Å². The van der Waals surface area contributed by atoms with Crippen LogP contribution in [0.25, 0.3) is 0 Å². The first-order valence-corrected chi connectivity index (χ1v) is 13.3. The molecule has 2 unspecified atom stereocenters. The maximum absolute atomic E-state index is 15.2. The molecule has 196 valence electrons. The molecule has 2 heterocycles. The molecular weight excluding hydrogens is 477 g/mol. The number of rotatable bonds is 4. The molecule has 0 aromatic heterocycles. The lowest BCUT2D eigenvalue weighted by molar-refractivity contribution is -0.136. The monoisotopic (exact) mass is 515 g/mol. The third kappa shape index (κ3) is 5.87. The second-order valence-electron chi connectivity index (χ2n) is 11.2. The molecule has 2 fully saturated rings. The summed E-state index contributed by atoms with van der Waals surface area (Å²) in [4.78, 5) is 20.6. The molecule has 5 nitrogen and oxygen atoms in total. The highest BCUT2D eigenvalue weighted by Crippen LogP contribution is 2.39. The van der Waals surface area contributed by atoms with Gasteiger partial charge in [-0.2, -0.15) is 0 Å². The van der Waals surface area contributed by atoms with Crippen LogP contribution in [0.1, 0.15) is 56.7 Å². The van der Waals surface area contributed by atoms with E-state index in [0.29, 0.717) is 37.0 Å². The smallest absolute Gasteiger partial charge is 0.227 e. The molecular formula is C29H39ClFN3O2. The standard InChI is InChI=1S/C29H39ClFN3O2/c1-29(2,3)34-18-24(23-13-12-22(36-5)17-26(23)31)25(19-34)28(35)33-14-6-7-27(32(4)15-16-33)20-8-10-21(30)11-9-20/h8-13,17,24-25,27H,6-7,14-16,18-19H2,1-5H3/t24-,25?,27?/m0/s1. The Bertz CT molecular complexity index is 1060. The molecule has 3 atom stereocenters. The average molecular weight is 516 g/mol. The van der Waals surface area contributed by atoms with Crippen LogP contribution in [0.15, 0.2) is 42.5 Å². The van der Waals surface area contributed by atoms with Gasteiger partial charge in [-0.05, 0) is 70.0 Å². The van der Waals surface area contributed by atoms with Gasteiger partial charge in [-0.15, -0.1) is 0 Å². The number of halogens is 2. The van der Waals surface area contributed by atoms with E-state index in [1.807, 2.05) is 17.0 Å². The molecule has 36 heavy (non-hydrogen) atoms. The van der Waals surface area contributed by atoms with Gasteiger partial charge in [0.15, 0.2) is 0 Å². The maximum Gasteiger partial charge on any atom is 0.227 e. The Labute approximate surface area is 220 Å². The van der Waals surface area contributed by atoms with Crippen LogP contribution in [0.4, 0.5) is 4.39 Å². The zero-order valence-electron chi connectivity index (χ0n) is 22.1. The minimum absolute atomic E-state index is 0.0987. The number of likely N-dealkylation sites (N-methyl/N-ethyl adjacent to an activating group) is 1. The number of hydrogen-bond donors (Lipinski definition) is 0. The van der Waals surface area contributed by atoms with E-state index >= 15 is 4.39 Å². The van der Waals surface area contributed by atoms with Gasteiger partial charge in [0, 0.05) is 61.3 Å². The fourth-order valence-electron chi connectivity index (χ4n) is 5.66. The summed E-state index contributed by atoms with van der Waals surface area (Å²) < 4.78 is 20.4. The molecule has 2 aromatic rings. The van der Waals surface area contributed by atoms with E-state index in [1.165, 1.54) is 18.7 Å². The summed E-state index contributed by atoms with van der Waals surface area (Å²) >= 11 is 6.09. The van der Waals surface area contributed by atoms with Crippen molar-refractivity contribution in [1.82, 2.24) is 14.7 Å². The molecule has 2 aliphatic rings. The van der Waals surface area contributed by atoms with E-state index in [9.17, 15) is 4.79 Å². The van der Waals surface area contributed by atoms with Gasteiger partial charge in [0.2, 0.25) is 5.91 Å². The van der Waals surface area contributed by atoms with Crippen LogP contribution in [-0.2, 0) is 4.79 Å². The Morgan fingerprint density at radius 2 is 1.78 bits per heavy atom. The fraction of sp³-hybridized carbons (Fsp3) is 0.552. The summed E-state index contributed by atoms with van der Waals surface area (Å²) in [5, 5.41) is 0.743. The minimum Gasteiger partial charge on any atom is -0.497 e. The Morgan fingerprint density at radius 3 is 2.42 bits per heavy atom. The van der Waals surface area contributed by atoms with Crippen LogP contribution >= 0.6 is 11.6 Å². The molecule has 0 aliphatic carbocycles. The van der Waals surface area contributed by atoms with Crippen molar-refractivity contribution in [2.24, 2.45) is 5.92 Å². The lowest BCUT2D eigenvalue weighted by Crippen LogP contribution is -2.46. The van der Waals surface area contributed by atoms with Crippen molar-refractivity contribution < 1.29 is 13.9 Å². The van der Waals surface area contributed by atoms with Gasteiger partial charge in [0.25, 0.3) is 0 Å². The van der Waals surface area contributed by atoms with Crippen LogP contribution in [-0.4, -0.2) is 73.0 Å². The Morgan fingerprint density at radius 1 is 1.06 bits per heavy atom. The Kier molecular flexibility index (Phi) is 8.28. The zero-order valence-corrected chi connectivity index (χ0v) is 22.9. The van der Waals surface area contributed by atoms with Crippen molar-refractivity contribution in [3.05, 3.63) is 64.4 Å². The van der Waals surface area contributed by atoms with E-state index in [2.05, 4.69) is 49.8 Å². The predicted molar refractivity (Wildman–Crippen MR) is 143 cm³/mol. The van der Waals surface area contributed by atoms with Crippen molar-refractivity contribution >= 4 is 17.5 Å². The zero-order chi connectivity index (χ0) is 26.0. The lowest BCUT2D eigenvalue weighted by Gasteiger charge is -2.36. The van der Waals surface area contributed by atoms with Gasteiger partial charge in [-0.3, -0.25) is 14.6 Å². The van der Waals surface area contributed by atoms with Gasteiger partial charge in [0.1, 0.15) is 11.6 Å². The SMILES string of the molecule is COc1ccc([C@@H]2CN(C(C)(C)C)CC2C(=O)N2CCCC(c3ccc(Cl)cc3)N(C)CC2)c(F)c1. The summed E-state index contributed by atoms with van der Waals surface area (Å²) in [6, 6.07) is 13.4. The lowest BCUT2D eigenvalue weighted by atomic mass is 9.87. The summed E-state index contributed by atoms with van der Waals surface area (Å²) in [7, 11) is 3.66. The van der Waals surface area contributed by atoms with E-state index in [4.69, 9.17) is 16.3 Å². The number of ether oxygens (including phenoxy) is 1. The van der Waals surface area contributed by atoms with Crippen LogP contribution < -0.4 is 4.74 Å². The number of nitrogens with zero attached hydrogens (tertiary/aromatic N) is 3. The fourth-order valence-corrected chi connectivity index (χ4v) is 5.78. The molecule has 1 amide bonds. The normalized spacial score (nSPS) is 24.4. The van der Waals surface area contributed by atoms with Crippen molar-refractivity contribution in [3.63, 3.8) is 0 Å². The highest BCUT2D eigenvalue weighted by atomic mass is 35.5. The van der Waals surface area contributed by atoms with E-state index < -0.39 is 0 Å². The highest BCUT2D eigenvalue weighted by Gasteiger charge is 2.44. The number of carbonyl (C=O) groups excluding carboxylic acids is 1. The van der Waals surface area contributed by atoms with Gasteiger partial charge < -0.3 is 9.64 Å². The molecule has 7 heteroatoms. The van der Waals surface area contributed by atoms with Crippen LogP contribution in [0.5, 0.6) is 5.75 Å². The Hall–Kier alpha value is -2.15. The van der Waals surface area contributed by atoms with Crippen molar-refractivity contribution in [2.75, 3.05) is 46.9 Å². The van der Waals surface area contributed by atoms with Gasteiger partial charge >= 0.3 is 0 Å². The average Bonchev–Trinajstić information content (AvgIpc) is 3.28. The van der Waals surface area contributed by atoms with E-state index in [-0.39, 0.29) is 29.1 Å².